The van der Waals surface area contributed by atoms with Crippen molar-refractivity contribution in [3.8, 4) is 22.5 Å². The van der Waals surface area contributed by atoms with Crippen LogP contribution in [0.15, 0.2) is 81.0 Å². The summed E-state index contributed by atoms with van der Waals surface area (Å²) in [6.07, 6.45) is 35.5. The number of phosphoric ester groups is 1. The SMILES string of the molecule is CCCCCCCC/C=C\CCCCCCCC(=O)OC[C@H](COP(=O)(O)OCCNC(=O)OCCNC(=O)c1ccc(-c2c3ccc(=N)c(S(=O)(=O)O)c-3oc3c(S(=O)(=O)O)c(N)ccc23)c(C(=O)O)c1)OC(=O)CCCCCCC/C=C\CCCCCCCC. The van der Waals surface area contributed by atoms with Gasteiger partial charge in [0.25, 0.3) is 26.1 Å². The van der Waals surface area contributed by atoms with E-state index in [0.717, 1.165) is 107 Å². The minimum atomic E-state index is -5.27. The highest BCUT2D eigenvalue weighted by Gasteiger charge is 2.33. The van der Waals surface area contributed by atoms with Gasteiger partial charge < -0.3 is 45.0 Å². The molecule has 24 nitrogen and oxygen atoms in total. The Morgan fingerprint density at radius 3 is 1.67 bits per heavy atom. The Morgan fingerprint density at radius 2 is 1.13 bits per heavy atom. The fourth-order valence-electron chi connectivity index (χ4n) is 10.2. The van der Waals surface area contributed by atoms with Crippen molar-refractivity contribution in [1.29, 1.82) is 5.41 Å². The summed E-state index contributed by atoms with van der Waals surface area (Å²) in [5.74, 6) is -4.37. The van der Waals surface area contributed by atoms with Gasteiger partial charge in [-0.25, -0.2) is 14.2 Å². The number of esters is 2. The minimum absolute atomic E-state index is 0.0811. The lowest BCUT2D eigenvalue weighted by Gasteiger charge is -2.20. The first kappa shape index (κ1) is 77.9. The Bertz CT molecular complexity index is 3370. The topological polar surface area (TPSA) is 385 Å². The van der Waals surface area contributed by atoms with Gasteiger partial charge in [0.15, 0.2) is 27.2 Å². The first-order chi connectivity index (χ1) is 44.0. The van der Waals surface area contributed by atoms with Gasteiger partial charge in [-0.2, -0.15) is 16.8 Å². The number of unbranched alkanes of at least 4 members (excludes halogenated alkanes) is 22. The molecule has 92 heavy (non-hydrogen) atoms. The second-order valence-electron chi connectivity index (χ2n) is 22.6. The highest BCUT2D eigenvalue weighted by atomic mass is 32.2. The summed E-state index contributed by atoms with van der Waals surface area (Å²) in [5, 5.41) is 22.3. The maximum atomic E-state index is 13.3. The molecule has 1 unspecified atom stereocenters. The number of allylic oxidation sites excluding steroid dienone is 4. The van der Waals surface area contributed by atoms with E-state index in [9.17, 15) is 64.5 Å². The molecule has 0 saturated carbocycles. The number of carboxylic acid groups (broad SMARTS) is 1. The van der Waals surface area contributed by atoms with Crippen molar-refractivity contribution in [3.05, 3.63) is 83.3 Å². The zero-order valence-electron chi connectivity index (χ0n) is 53.1. The maximum Gasteiger partial charge on any atom is 0.472 e. The number of anilines is 1. The van der Waals surface area contributed by atoms with E-state index in [0.29, 0.717) is 12.8 Å². The van der Waals surface area contributed by atoms with Crippen LogP contribution in [0.25, 0.3) is 33.4 Å². The summed E-state index contributed by atoms with van der Waals surface area (Å²) in [4.78, 5) is 72.6. The number of nitrogen functional groups attached to an aromatic ring is 1. The molecule has 4 rings (SSSR count). The smallest absolute Gasteiger partial charge is 0.472 e. The molecule has 0 spiro atoms. The Hall–Kier alpha value is -6.51. The standard InChI is InChI=1S/C65H95N4O20PS2/c1-3-5-7-9-11-13-15-17-19-21-23-25-27-29-31-33-56(70)85-46-49(88-57(71)34-32-30-28-26-24-22-20-18-16-14-12-10-8-6-4-2)47-87-90(76,77)86-44-42-69-65(75)84-43-41-68-63(72)48-35-36-50(53(45-48)64(73)74)58-51-37-39-54(66)61(91(78,79)80)59(51)89-60-52(58)38-40-55(67)62(60)92(81,82)83/h17-20,35-40,45,49,66H,3-16,21-34,41-44,46-47,67H2,1-2H3,(H,68,72)(H,69,75)(H,73,74)(H,76,77)(H,78,79,80)(H,81,82,83)/b19-17-,20-18-,66-54?/t49-/m1/s1. The van der Waals surface area contributed by atoms with Crippen LogP contribution in [0.5, 0.6) is 0 Å². The van der Waals surface area contributed by atoms with Gasteiger partial charge >= 0.3 is 31.8 Å². The average molecular weight is 1350 g/mol. The van der Waals surface area contributed by atoms with E-state index in [-0.39, 0.29) is 53.6 Å². The maximum absolute atomic E-state index is 13.3. The third-order valence-corrected chi connectivity index (χ3v) is 17.8. The van der Waals surface area contributed by atoms with Crippen LogP contribution in [0, 0.1) is 5.41 Å². The second-order valence-corrected chi connectivity index (χ2v) is 26.7. The Morgan fingerprint density at radius 1 is 0.620 bits per heavy atom. The number of carboxylic acids is 1. The van der Waals surface area contributed by atoms with Crippen molar-refractivity contribution in [3.63, 3.8) is 0 Å². The van der Waals surface area contributed by atoms with Crippen LogP contribution in [0.1, 0.15) is 214 Å². The summed E-state index contributed by atoms with van der Waals surface area (Å²) in [6, 6.07) is 7.64. The van der Waals surface area contributed by atoms with Crippen LogP contribution in [-0.4, -0.2) is 111 Å². The van der Waals surface area contributed by atoms with Gasteiger partial charge in [-0.05, 0) is 106 Å². The summed E-state index contributed by atoms with van der Waals surface area (Å²) in [6.45, 7) is 1.70. The molecule has 1 heterocycles. The van der Waals surface area contributed by atoms with Gasteiger partial charge in [-0.1, -0.05) is 147 Å². The number of nitrogens with one attached hydrogen (secondary N) is 3. The normalized spacial score (nSPS) is 13.0. The lowest BCUT2D eigenvalue weighted by atomic mass is 9.89. The molecule has 2 amide bonds. The summed E-state index contributed by atoms with van der Waals surface area (Å²) in [7, 11) is -15.3. The first-order valence-electron chi connectivity index (χ1n) is 32.1. The molecule has 27 heteroatoms. The number of rotatable bonds is 48. The van der Waals surface area contributed by atoms with Crippen LogP contribution >= 0.6 is 7.82 Å². The predicted octanol–water partition coefficient (Wildman–Crippen LogP) is 13.6. The molecule has 1 aliphatic carbocycles. The molecule has 0 bridgehead atoms. The van der Waals surface area contributed by atoms with Crippen molar-refractivity contribution in [2.24, 2.45) is 0 Å². The van der Waals surface area contributed by atoms with Crippen molar-refractivity contribution in [2.45, 2.75) is 210 Å². The third-order valence-electron chi connectivity index (χ3n) is 15.0. The fraction of sp³-hybridized carbons (Fsp3) is 0.569. The number of benzene rings is 3. The van der Waals surface area contributed by atoms with E-state index in [1.807, 2.05) is 0 Å². The molecule has 2 atom stereocenters. The van der Waals surface area contributed by atoms with Crippen LogP contribution in [0.3, 0.4) is 0 Å². The fourth-order valence-corrected chi connectivity index (χ4v) is 12.4. The van der Waals surface area contributed by atoms with Gasteiger partial charge in [0.05, 0.1) is 36.4 Å². The highest BCUT2D eigenvalue weighted by molar-refractivity contribution is 7.86. The van der Waals surface area contributed by atoms with Crippen molar-refractivity contribution < 1.29 is 92.2 Å². The van der Waals surface area contributed by atoms with E-state index >= 15 is 0 Å². The number of carbonyl (C=O) groups excluding carboxylic acids is 4. The molecular formula is C65H95N4O20PS2. The zero-order valence-corrected chi connectivity index (χ0v) is 55.7. The number of alkyl carbamates (subject to hydrolysis) is 1. The molecule has 1 aliphatic heterocycles. The molecule has 2 aromatic carbocycles. The quantitative estimate of drug-likeness (QED) is 0.00297. The predicted molar refractivity (Wildman–Crippen MR) is 348 cm³/mol. The molecule has 0 radical (unpaired) electrons. The summed E-state index contributed by atoms with van der Waals surface area (Å²) in [5.41, 5.74) is 3.07. The first-order valence-corrected chi connectivity index (χ1v) is 36.5. The van der Waals surface area contributed by atoms with Crippen LogP contribution in [0.2, 0.25) is 0 Å². The molecule has 0 fully saturated rings. The van der Waals surface area contributed by atoms with Crippen molar-refractivity contribution in [1.82, 2.24) is 10.6 Å². The van der Waals surface area contributed by atoms with Gasteiger partial charge in [0.2, 0.25) is 0 Å². The molecule has 512 valence electrons. The van der Waals surface area contributed by atoms with E-state index in [4.69, 9.17) is 38.8 Å². The number of hydrogen-bond acceptors (Lipinski definition) is 18. The van der Waals surface area contributed by atoms with E-state index in [1.54, 1.807) is 0 Å². The van der Waals surface area contributed by atoms with E-state index in [1.165, 1.54) is 89.2 Å². The molecule has 2 aromatic rings. The van der Waals surface area contributed by atoms with Crippen LogP contribution in [-0.2, 0) is 57.6 Å². The average Bonchev–Trinajstić information content (AvgIpc) is 0.725. The van der Waals surface area contributed by atoms with Crippen molar-refractivity contribution in [2.75, 3.05) is 45.3 Å². The highest BCUT2D eigenvalue weighted by Crippen LogP contribution is 2.46. The van der Waals surface area contributed by atoms with Gasteiger partial charge in [0, 0.05) is 41.5 Å². The number of nitrogens with two attached hydrogens (primary N) is 1. The lowest BCUT2D eigenvalue weighted by Crippen LogP contribution is -2.32. The molecule has 0 saturated heterocycles. The minimum Gasteiger partial charge on any atom is -0.478 e. The lowest BCUT2D eigenvalue weighted by molar-refractivity contribution is -0.161. The molecule has 0 aromatic heterocycles. The zero-order chi connectivity index (χ0) is 67.4. The van der Waals surface area contributed by atoms with Gasteiger partial charge in [0.1, 0.15) is 13.2 Å². The van der Waals surface area contributed by atoms with E-state index < -0.39 is 128 Å². The Kier molecular flexibility index (Phi) is 35.5. The van der Waals surface area contributed by atoms with Crippen molar-refractivity contribution >= 4 is 74.6 Å². The summed E-state index contributed by atoms with van der Waals surface area (Å²) < 4.78 is 115. The Labute approximate surface area is 540 Å². The second kappa shape index (κ2) is 41.9. The van der Waals surface area contributed by atoms with E-state index in [2.05, 4.69) is 48.8 Å². The monoisotopic (exact) mass is 1350 g/mol. The van der Waals surface area contributed by atoms with Crippen LogP contribution in [0.4, 0.5) is 10.5 Å². The summed E-state index contributed by atoms with van der Waals surface area (Å²) >= 11 is 0. The number of phosphoric acid groups is 1. The third kappa shape index (κ3) is 28.8. The number of aromatic carboxylic acids is 1. The number of fused-ring (bicyclic) bond motifs is 2. The van der Waals surface area contributed by atoms with Crippen LogP contribution < -0.4 is 21.7 Å². The molecule has 2 aliphatic rings. The molecule has 9 N–H and O–H groups in total. The van der Waals surface area contributed by atoms with Gasteiger partial charge in [-0.3, -0.25) is 37.9 Å². The van der Waals surface area contributed by atoms with Gasteiger partial charge in [-0.15, -0.1) is 0 Å². The number of hydrogen-bond donors (Lipinski definition) is 8. The molecular weight excluding hydrogens is 1250 g/mol. The Balaban J connectivity index is 1.24. The number of amides is 2. The number of carbonyl (C=O) groups is 5. The largest absolute Gasteiger partial charge is 0.478 e. The number of ether oxygens (including phenoxy) is 3.